The van der Waals surface area contributed by atoms with Gasteiger partial charge in [0.25, 0.3) is 0 Å². The molecule has 0 unspecified atom stereocenters. The van der Waals surface area contributed by atoms with Crippen LogP contribution in [-0.2, 0) is 17.7 Å². The van der Waals surface area contributed by atoms with Gasteiger partial charge in [-0.2, -0.15) is 0 Å². The molecule has 3 aromatic carbocycles. The van der Waals surface area contributed by atoms with Crippen LogP contribution < -0.4 is 10.2 Å². The minimum atomic E-state index is -0.962. The van der Waals surface area contributed by atoms with E-state index in [1.807, 2.05) is 37.3 Å². The first kappa shape index (κ1) is 21.6. The van der Waals surface area contributed by atoms with Crippen molar-refractivity contribution in [1.29, 1.82) is 0 Å². The van der Waals surface area contributed by atoms with E-state index >= 15 is 0 Å². The molecule has 5 heteroatoms. The Bertz CT molecular complexity index is 925. The van der Waals surface area contributed by atoms with Crippen LogP contribution in [0.25, 0.3) is 0 Å². The summed E-state index contributed by atoms with van der Waals surface area (Å²) in [5, 5.41) is 10.7. The average Bonchev–Trinajstić information content (AvgIpc) is 3.11. The van der Waals surface area contributed by atoms with Crippen molar-refractivity contribution in [2.75, 3.05) is 6.54 Å². The highest BCUT2D eigenvalue weighted by molar-refractivity contribution is 6.62. The van der Waals surface area contributed by atoms with E-state index in [-0.39, 0.29) is 12.2 Å². The summed E-state index contributed by atoms with van der Waals surface area (Å²) < 4.78 is 12.1. The maximum atomic E-state index is 10.7. The fourth-order valence-corrected chi connectivity index (χ4v) is 4.05. The summed E-state index contributed by atoms with van der Waals surface area (Å²) in [6.07, 6.45) is 0.787. The van der Waals surface area contributed by atoms with Crippen molar-refractivity contribution in [2.45, 2.75) is 45.6 Å². The second-order valence-corrected chi connectivity index (χ2v) is 8.21. The predicted molar refractivity (Wildman–Crippen MR) is 125 cm³/mol. The standard InChI is InChI=1S/C26H30BNO3/c1-3-20(2)30-24-16-10-15-23-25(31-27(29)26(23)24)19-28(17-21-11-6-4-7-12-21)18-22-13-8-5-9-14-22/h4-16,20,25,29H,3,17-19H2,1-2H3/t20-,25+/m0/s1. The van der Waals surface area contributed by atoms with Crippen molar-refractivity contribution in [2.24, 2.45) is 0 Å². The zero-order chi connectivity index (χ0) is 21.6. The first-order chi connectivity index (χ1) is 15.1. The van der Waals surface area contributed by atoms with Crippen LogP contribution in [0.5, 0.6) is 5.75 Å². The van der Waals surface area contributed by atoms with E-state index in [0.717, 1.165) is 36.3 Å². The van der Waals surface area contributed by atoms with Crippen LogP contribution in [0, 0.1) is 0 Å². The molecule has 0 amide bonds. The zero-order valence-corrected chi connectivity index (χ0v) is 18.3. The third-order valence-corrected chi connectivity index (χ3v) is 5.81. The largest absolute Gasteiger partial charge is 0.495 e. The van der Waals surface area contributed by atoms with Gasteiger partial charge in [0.05, 0.1) is 12.2 Å². The summed E-state index contributed by atoms with van der Waals surface area (Å²) in [7, 11) is -0.962. The van der Waals surface area contributed by atoms with E-state index in [9.17, 15) is 5.02 Å². The summed E-state index contributed by atoms with van der Waals surface area (Å²) in [4.78, 5) is 2.37. The van der Waals surface area contributed by atoms with Gasteiger partial charge in [-0.05, 0) is 36.1 Å². The van der Waals surface area contributed by atoms with Crippen LogP contribution >= 0.6 is 0 Å². The van der Waals surface area contributed by atoms with Gasteiger partial charge in [-0.15, -0.1) is 0 Å². The fraction of sp³-hybridized carbons (Fsp3) is 0.308. The molecular formula is C26H30BNO3. The Labute approximate surface area is 185 Å². The van der Waals surface area contributed by atoms with E-state index in [1.165, 1.54) is 11.1 Å². The first-order valence-corrected chi connectivity index (χ1v) is 11.1. The molecule has 160 valence electrons. The lowest BCUT2D eigenvalue weighted by Crippen LogP contribution is -2.31. The fourth-order valence-electron chi connectivity index (χ4n) is 4.05. The highest BCUT2D eigenvalue weighted by Gasteiger charge is 2.38. The second-order valence-electron chi connectivity index (χ2n) is 8.21. The molecule has 0 saturated heterocycles. The van der Waals surface area contributed by atoms with Crippen molar-refractivity contribution in [3.63, 3.8) is 0 Å². The van der Waals surface area contributed by atoms with Gasteiger partial charge in [0.1, 0.15) is 5.75 Å². The van der Waals surface area contributed by atoms with Gasteiger partial charge in [0.15, 0.2) is 0 Å². The monoisotopic (exact) mass is 415 g/mol. The van der Waals surface area contributed by atoms with Gasteiger partial charge in [0, 0.05) is 25.1 Å². The molecule has 1 heterocycles. The van der Waals surface area contributed by atoms with E-state index in [1.54, 1.807) is 0 Å². The van der Waals surface area contributed by atoms with Crippen molar-refractivity contribution in [3.8, 4) is 5.75 Å². The van der Waals surface area contributed by atoms with Gasteiger partial charge < -0.3 is 14.4 Å². The second kappa shape index (κ2) is 10.1. The molecule has 1 N–H and O–H groups in total. The average molecular weight is 415 g/mol. The zero-order valence-electron chi connectivity index (χ0n) is 18.3. The number of fused-ring (bicyclic) bond motifs is 1. The van der Waals surface area contributed by atoms with Gasteiger partial charge >= 0.3 is 7.12 Å². The minimum absolute atomic E-state index is 0.0883. The highest BCUT2D eigenvalue weighted by atomic mass is 16.5. The normalized spacial score (nSPS) is 16.4. The van der Waals surface area contributed by atoms with Gasteiger partial charge in [0.2, 0.25) is 0 Å². The number of nitrogens with zero attached hydrogens (tertiary/aromatic N) is 1. The van der Waals surface area contributed by atoms with Gasteiger partial charge in [-0.1, -0.05) is 79.7 Å². The molecule has 31 heavy (non-hydrogen) atoms. The van der Waals surface area contributed by atoms with Crippen molar-refractivity contribution in [3.05, 3.63) is 95.6 Å². The summed E-state index contributed by atoms with van der Waals surface area (Å²) >= 11 is 0. The first-order valence-electron chi connectivity index (χ1n) is 11.1. The van der Waals surface area contributed by atoms with Gasteiger partial charge in [-0.3, -0.25) is 4.90 Å². The Kier molecular flexibility index (Phi) is 7.08. The quantitative estimate of drug-likeness (QED) is 0.529. The Morgan fingerprint density at radius 3 is 2.13 bits per heavy atom. The number of ether oxygens (including phenoxy) is 1. The maximum absolute atomic E-state index is 10.7. The van der Waals surface area contributed by atoms with Crippen molar-refractivity contribution >= 4 is 12.6 Å². The Hall–Kier alpha value is -2.60. The molecule has 0 spiro atoms. The molecule has 0 fully saturated rings. The minimum Gasteiger partial charge on any atom is -0.491 e. The van der Waals surface area contributed by atoms with Crippen LogP contribution in [0.4, 0.5) is 0 Å². The van der Waals surface area contributed by atoms with Crippen LogP contribution in [-0.4, -0.2) is 29.7 Å². The molecule has 3 aromatic rings. The van der Waals surface area contributed by atoms with Crippen LogP contribution in [0.15, 0.2) is 78.9 Å². The van der Waals surface area contributed by atoms with Crippen LogP contribution in [0.1, 0.15) is 43.1 Å². The van der Waals surface area contributed by atoms with Crippen LogP contribution in [0.2, 0.25) is 0 Å². The topological polar surface area (TPSA) is 41.9 Å². The summed E-state index contributed by atoms with van der Waals surface area (Å²) in [5.74, 6) is 0.722. The SMILES string of the molecule is CC[C@H](C)Oc1cccc2c1B(O)O[C@@H]2CN(Cc1ccccc1)Cc1ccccc1. The van der Waals surface area contributed by atoms with E-state index in [2.05, 4.69) is 60.4 Å². The van der Waals surface area contributed by atoms with E-state index in [0.29, 0.717) is 6.54 Å². The number of hydrogen-bond acceptors (Lipinski definition) is 4. The summed E-state index contributed by atoms with van der Waals surface area (Å²) in [6.45, 7) is 6.43. The molecule has 1 aliphatic rings. The molecule has 0 radical (unpaired) electrons. The molecule has 0 aliphatic carbocycles. The highest BCUT2D eigenvalue weighted by Crippen LogP contribution is 2.30. The molecule has 0 saturated carbocycles. The molecule has 4 rings (SSSR count). The number of benzene rings is 3. The van der Waals surface area contributed by atoms with Crippen molar-refractivity contribution in [1.82, 2.24) is 4.90 Å². The molecule has 2 atom stereocenters. The lowest BCUT2D eigenvalue weighted by Gasteiger charge is -2.26. The van der Waals surface area contributed by atoms with Gasteiger partial charge in [-0.25, -0.2) is 0 Å². The maximum Gasteiger partial charge on any atom is 0.495 e. The summed E-state index contributed by atoms with van der Waals surface area (Å²) in [6, 6.07) is 26.9. The van der Waals surface area contributed by atoms with E-state index < -0.39 is 7.12 Å². The molecule has 0 bridgehead atoms. The molecule has 0 aromatic heterocycles. The lowest BCUT2D eigenvalue weighted by atomic mass is 9.78. The third-order valence-electron chi connectivity index (χ3n) is 5.81. The predicted octanol–water partition coefficient (Wildman–Crippen LogP) is 4.33. The lowest BCUT2D eigenvalue weighted by molar-refractivity contribution is 0.118. The molecule has 1 aliphatic heterocycles. The third kappa shape index (κ3) is 5.37. The Balaban J connectivity index is 1.57. The number of rotatable bonds is 9. The summed E-state index contributed by atoms with van der Waals surface area (Å²) in [5.41, 5.74) is 4.30. The number of hydrogen-bond donors (Lipinski definition) is 1. The van der Waals surface area contributed by atoms with Crippen LogP contribution in [0.3, 0.4) is 0 Å². The Morgan fingerprint density at radius 1 is 0.935 bits per heavy atom. The van der Waals surface area contributed by atoms with E-state index in [4.69, 9.17) is 9.39 Å². The van der Waals surface area contributed by atoms with Crippen molar-refractivity contribution < 1.29 is 14.4 Å². The molecule has 4 nitrogen and oxygen atoms in total. The smallest absolute Gasteiger partial charge is 0.491 e. The molecular weight excluding hydrogens is 385 g/mol. The Morgan fingerprint density at radius 2 is 1.55 bits per heavy atom.